The summed E-state index contributed by atoms with van der Waals surface area (Å²) < 4.78 is 15.6. The van der Waals surface area contributed by atoms with Crippen molar-refractivity contribution in [2.75, 3.05) is 5.32 Å². The third-order valence-electron chi connectivity index (χ3n) is 3.39. The number of rotatable bonds is 3. The summed E-state index contributed by atoms with van der Waals surface area (Å²) in [5.74, 6) is -0.806. The van der Waals surface area contributed by atoms with Gasteiger partial charge in [-0.15, -0.1) is 12.4 Å². The Hall–Kier alpha value is -1.92. The van der Waals surface area contributed by atoms with Crippen molar-refractivity contribution in [1.29, 1.82) is 0 Å². The molecular formula is C16H22ClFN4O. The van der Waals surface area contributed by atoms with E-state index in [-0.39, 0.29) is 23.7 Å². The van der Waals surface area contributed by atoms with Gasteiger partial charge >= 0.3 is 0 Å². The molecule has 23 heavy (non-hydrogen) atoms. The van der Waals surface area contributed by atoms with Crippen LogP contribution in [0.2, 0.25) is 0 Å². The van der Waals surface area contributed by atoms with Crippen LogP contribution in [0, 0.1) is 18.2 Å². The van der Waals surface area contributed by atoms with Crippen molar-refractivity contribution < 1.29 is 9.18 Å². The lowest BCUT2D eigenvalue weighted by Crippen LogP contribution is -2.45. The molecule has 126 valence electrons. The summed E-state index contributed by atoms with van der Waals surface area (Å²) in [6.07, 6.45) is 3.38. The lowest BCUT2D eigenvalue weighted by Gasteiger charge is -2.25. The van der Waals surface area contributed by atoms with Gasteiger partial charge < -0.3 is 11.1 Å². The Bertz CT molecular complexity index is 694. The first-order valence-electron chi connectivity index (χ1n) is 7.06. The van der Waals surface area contributed by atoms with Gasteiger partial charge in [0.1, 0.15) is 5.69 Å². The fourth-order valence-electron chi connectivity index (χ4n) is 1.93. The van der Waals surface area contributed by atoms with Crippen molar-refractivity contribution >= 4 is 24.0 Å². The topological polar surface area (TPSA) is 72.9 Å². The second kappa shape index (κ2) is 7.10. The molecule has 0 radical (unpaired) electrons. The third-order valence-corrected chi connectivity index (χ3v) is 3.39. The monoisotopic (exact) mass is 340 g/mol. The number of nitrogens with one attached hydrogen (secondary N) is 1. The van der Waals surface area contributed by atoms with E-state index in [1.807, 2.05) is 27.7 Å². The highest BCUT2D eigenvalue weighted by Crippen LogP contribution is 2.21. The minimum Gasteiger partial charge on any atom is -0.325 e. The number of nitrogens with zero attached hydrogens (tertiary/aromatic N) is 2. The van der Waals surface area contributed by atoms with E-state index in [4.69, 9.17) is 5.73 Å². The Morgan fingerprint density at radius 3 is 2.52 bits per heavy atom. The molecule has 1 amide bonds. The minimum atomic E-state index is -0.677. The molecule has 2 aromatic rings. The molecule has 3 N–H and O–H groups in total. The third kappa shape index (κ3) is 4.53. The SMILES string of the molecule is Cc1cnn(-c2ccc(NC(=O)[C@@H](N)C(C)(C)C)cc2F)c1.Cl. The number of carbonyl (C=O) groups excluding carboxylic acids is 1. The van der Waals surface area contributed by atoms with Crippen molar-refractivity contribution in [2.24, 2.45) is 11.1 Å². The van der Waals surface area contributed by atoms with Crippen LogP contribution in [-0.4, -0.2) is 21.7 Å². The number of nitrogens with two attached hydrogens (primary N) is 1. The number of carbonyl (C=O) groups is 1. The molecule has 0 saturated heterocycles. The summed E-state index contributed by atoms with van der Waals surface area (Å²) in [6.45, 7) is 7.51. The number of aryl methyl sites for hydroxylation is 1. The number of halogens is 2. The number of hydrogen-bond donors (Lipinski definition) is 2. The summed E-state index contributed by atoms with van der Waals surface area (Å²) >= 11 is 0. The highest BCUT2D eigenvalue weighted by Gasteiger charge is 2.27. The predicted molar refractivity (Wildman–Crippen MR) is 91.6 cm³/mol. The Labute approximate surface area is 141 Å². The fraction of sp³-hybridized carbons (Fsp3) is 0.375. The van der Waals surface area contributed by atoms with E-state index < -0.39 is 11.9 Å². The van der Waals surface area contributed by atoms with Crippen LogP contribution >= 0.6 is 12.4 Å². The Morgan fingerprint density at radius 1 is 1.39 bits per heavy atom. The zero-order chi connectivity index (χ0) is 16.5. The van der Waals surface area contributed by atoms with Crippen molar-refractivity contribution in [3.05, 3.63) is 42.0 Å². The summed E-state index contributed by atoms with van der Waals surface area (Å²) in [4.78, 5) is 12.1. The van der Waals surface area contributed by atoms with Gasteiger partial charge in [0.25, 0.3) is 0 Å². The second-order valence-corrected chi connectivity index (χ2v) is 6.46. The largest absolute Gasteiger partial charge is 0.325 e. The van der Waals surface area contributed by atoms with Gasteiger partial charge in [0.2, 0.25) is 5.91 Å². The predicted octanol–water partition coefficient (Wildman–Crippen LogP) is 3.05. The van der Waals surface area contributed by atoms with Crippen molar-refractivity contribution in [3.63, 3.8) is 0 Å². The average molecular weight is 341 g/mol. The van der Waals surface area contributed by atoms with Gasteiger partial charge in [-0.05, 0) is 36.1 Å². The van der Waals surface area contributed by atoms with Crippen molar-refractivity contribution in [3.8, 4) is 5.69 Å². The minimum absolute atomic E-state index is 0. The van der Waals surface area contributed by atoms with Crippen LogP contribution in [0.15, 0.2) is 30.6 Å². The molecule has 0 bridgehead atoms. The fourth-order valence-corrected chi connectivity index (χ4v) is 1.93. The lowest BCUT2D eigenvalue weighted by molar-refractivity contribution is -0.119. The zero-order valence-corrected chi connectivity index (χ0v) is 14.4. The van der Waals surface area contributed by atoms with Gasteiger partial charge in [-0.1, -0.05) is 20.8 Å². The van der Waals surface area contributed by atoms with E-state index in [0.29, 0.717) is 11.4 Å². The van der Waals surface area contributed by atoms with Crippen LogP contribution in [0.5, 0.6) is 0 Å². The standard InChI is InChI=1S/C16H21FN4O.ClH/c1-10-8-19-21(9-10)13-6-5-11(7-12(13)17)20-15(22)14(18)16(2,3)4;/h5-9,14H,18H2,1-4H3,(H,20,22);1H/t14-;/m1./s1. The lowest BCUT2D eigenvalue weighted by atomic mass is 9.87. The van der Waals surface area contributed by atoms with Crippen molar-refractivity contribution in [2.45, 2.75) is 33.7 Å². The average Bonchev–Trinajstić information content (AvgIpc) is 2.83. The van der Waals surface area contributed by atoms with E-state index in [2.05, 4.69) is 10.4 Å². The quantitative estimate of drug-likeness (QED) is 0.902. The molecule has 0 unspecified atom stereocenters. The molecule has 1 heterocycles. The van der Waals surface area contributed by atoms with Crippen LogP contribution in [0.3, 0.4) is 0 Å². The molecule has 5 nitrogen and oxygen atoms in total. The zero-order valence-electron chi connectivity index (χ0n) is 13.6. The van der Waals surface area contributed by atoms with Gasteiger partial charge in [0.15, 0.2) is 5.82 Å². The van der Waals surface area contributed by atoms with Gasteiger partial charge in [0, 0.05) is 11.9 Å². The number of aromatic nitrogens is 2. The van der Waals surface area contributed by atoms with Crippen LogP contribution in [0.1, 0.15) is 26.3 Å². The summed E-state index contributed by atoms with van der Waals surface area (Å²) in [5, 5.41) is 6.71. The Balaban J connectivity index is 0.00000264. The molecule has 0 spiro atoms. The maximum Gasteiger partial charge on any atom is 0.241 e. The molecule has 1 atom stereocenters. The molecule has 1 aromatic heterocycles. The van der Waals surface area contributed by atoms with E-state index in [9.17, 15) is 9.18 Å². The maximum absolute atomic E-state index is 14.2. The van der Waals surface area contributed by atoms with Crippen LogP contribution in [0.4, 0.5) is 10.1 Å². The molecule has 1 aromatic carbocycles. The first-order valence-corrected chi connectivity index (χ1v) is 7.06. The maximum atomic E-state index is 14.2. The molecular weight excluding hydrogens is 319 g/mol. The van der Waals surface area contributed by atoms with Crippen molar-refractivity contribution in [1.82, 2.24) is 9.78 Å². The second-order valence-electron chi connectivity index (χ2n) is 6.46. The normalized spacial score (nSPS) is 12.4. The highest BCUT2D eigenvalue weighted by molar-refractivity contribution is 5.95. The smallest absolute Gasteiger partial charge is 0.241 e. The highest BCUT2D eigenvalue weighted by atomic mass is 35.5. The first kappa shape index (κ1) is 19.1. The van der Waals surface area contributed by atoms with E-state index in [0.717, 1.165) is 5.56 Å². The summed E-state index contributed by atoms with van der Waals surface area (Å²) in [7, 11) is 0. The Kier molecular flexibility index (Phi) is 5.91. The molecule has 0 saturated carbocycles. The van der Waals surface area contributed by atoms with Gasteiger partial charge in [-0.3, -0.25) is 4.79 Å². The van der Waals surface area contributed by atoms with Gasteiger partial charge in [-0.2, -0.15) is 5.10 Å². The van der Waals surface area contributed by atoms with Crippen LogP contribution < -0.4 is 11.1 Å². The number of amides is 1. The van der Waals surface area contributed by atoms with Crippen LogP contribution in [0.25, 0.3) is 5.69 Å². The van der Waals surface area contributed by atoms with Crippen LogP contribution in [-0.2, 0) is 4.79 Å². The number of benzene rings is 1. The van der Waals surface area contributed by atoms with Gasteiger partial charge in [0.05, 0.1) is 12.2 Å². The molecule has 0 aliphatic heterocycles. The summed E-state index contributed by atoms with van der Waals surface area (Å²) in [6, 6.07) is 3.78. The molecule has 2 rings (SSSR count). The molecule has 0 aliphatic rings. The van der Waals surface area contributed by atoms with Gasteiger partial charge in [-0.25, -0.2) is 9.07 Å². The number of hydrogen-bond acceptors (Lipinski definition) is 3. The molecule has 7 heteroatoms. The van der Waals surface area contributed by atoms with E-state index >= 15 is 0 Å². The first-order chi connectivity index (χ1) is 10.2. The molecule has 0 aliphatic carbocycles. The molecule has 0 fully saturated rings. The Morgan fingerprint density at radius 2 is 2.04 bits per heavy atom. The van der Waals surface area contributed by atoms with E-state index in [1.165, 1.54) is 10.7 Å². The van der Waals surface area contributed by atoms with E-state index in [1.54, 1.807) is 24.5 Å². The summed E-state index contributed by atoms with van der Waals surface area (Å²) in [5.41, 5.74) is 7.15. The number of anilines is 1.